The highest BCUT2D eigenvalue weighted by molar-refractivity contribution is 5.78. The molecule has 2 amide bonds. The summed E-state index contributed by atoms with van der Waals surface area (Å²) in [7, 11) is 0. The van der Waals surface area contributed by atoms with E-state index >= 15 is 0 Å². The van der Waals surface area contributed by atoms with E-state index in [-0.39, 0.29) is 17.4 Å². The van der Waals surface area contributed by atoms with Crippen LogP contribution in [0.4, 0.5) is 0 Å². The van der Waals surface area contributed by atoms with Gasteiger partial charge in [0.2, 0.25) is 11.8 Å². The molecule has 1 N–H and O–H groups in total. The van der Waals surface area contributed by atoms with Crippen molar-refractivity contribution in [3.05, 3.63) is 64.8 Å². The second-order valence-corrected chi connectivity index (χ2v) is 7.85. The minimum absolute atomic E-state index is 0.0491. The van der Waals surface area contributed by atoms with Gasteiger partial charge < -0.3 is 14.8 Å². The average molecular weight is 422 g/mol. The summed E-state index contributed by atoms with van der Waals surface area (Å²) >= 11 is 0. The summed E-state index contributed by atoms with van der Waals surface area (Å²) in [6.07, 6.45) is 6.00. The SMILES string of the molecule is O=C(CCn1ccc2c(=O)n(Cc3ccccc3)cnc21)NCCCN1CCCC1=O. The molecule has 1 aliphatic heterocycles. The van der Waals surface area contributed by atoms with Gasteiger partial charge in [-0.3, -0.25) is 19.0 Å². The maximum atomic E-state index is 12.8. The molecule has 2 aromatic heterocycles. The maximum absolute atomic E-state index is 12.8. The minimum atomic E-state index is -0.0893. The molecule has 8 heteroatoms. The monoisotopic (exact) mass is 421 g/mol. The van der Waals surface area contributed by atoms with Crippen molar-refractivity contribution in [1.29, 1.82) is 0 Å². The average Bonchev–Trinajstić information content (AvgIpc) is 3.39. The highest BCUT2D eigenvalue weighted by Gasteiger charge is 2.19. The lowest BCUT2D eigenvalue weighted by atomic mass is 10.2. The fourth-order valence-corrected chi connectivity index (χ4v) is 3.93. The highest BCUT2D eigenvalue weighted by Crippen LogP contribution is 2.11. The summed E-state index contributed by atoms with van der Waals surface area (Å²) in [5, 5.41) is 3.45. The zero-order valence-corrected chi connectivity index (χ0v) is 17.5. The molecule has 0 aliphatic carbocycles. The van der Waals surface area contributed by atoms with E-state index in [0.29, 0.717) is 50.1 Å². The van der Waals surface area contributed by atoms with E-state index in [1.807, 2.05) is 39.8 Å². The molecule has 1 fully saturated rings. The lowest BCUT2D eigenvalue weighted by Gasteiger charge is -2.15. The molecule has 1 saturated heterocycles. The van der Waals surface area contributed by atoms with Crippen LogP contribution >= 0.6 is 0 Å². The Kier molecular flexibility index (Phi) is 6.45. The summed E-state index contributed by atoms with van der Waals surface area (Å²) in [5.74, 6) is 0.160. The number of fused-ring (bicyclic) bond motifs is 1. The van der Waals surface area contributed by atoms with E-state index in [9.17, 15) is 14.4 Å². The summed E-state index contributed by atoms with van der Waals surface area (Å²) < 4.78 is 3.44. The van der Waals surface area contributed by atoms with Crippen molar-refractivity contribution in [1.82, 2.24) is 24.3 Å². The van der Waals surface area contributed by atoms with Gasteiger partial charge in [-0.05, 0) is 24.5 Å². The van der Waals surface area contributed by atoms with Gasteiger partial charge in [-0.2, -0.15) is 0 Å². The third kappa shape index (κ3) is 5.02. The number of hydrogen-bond acceptors (Lipinski definition) is 4. The molecule has 0 atom stereocenters. The Bertz CT molecular complexity index is 1120. The Balaban J connectivity index is 1.29. The number of amides is 2. The van der Waals surface area contributed by atoms with E-state index in [0.717, 1.165) is 24.9 Å². The Labute approximate surface area is 180 Å². The van der Waals surface area contributed by atoms with E-state index in [2.05, 4.69) is 10.3 Å². The molecule has 1 aromatic carbocycles. The van der Waals surface area contributed by atoms with Gasteiger partial charge in [-0.15, -0.1) is 0 Å². The Morgan fingerprint density at radius 3 is 2.68 bits per heavy atom. The second kappa shape index (κ2) is 9.59. The molecule has 3 heterocycles. The molecule has 0 unspecified atom stereocenters. The van der Waals surface area contributed by atoms with Crippen LogP contribution in [-0.4, -0.2) is 50.5 Å². The van der Waals surface area contributed by atoms with Crippen LogP contribution in [0, 0.1) is 0 Å². The first-order valence-corrected chi connectivity index (χ1v) is 10.7. The molecule has 0 spiro atoms. The van der Waals surface area contributed by atoms with Crippen molar-refractivity contribution in [2.24, 2.45) is 0 Å². The summed E-state index contributed by atoms with van der Waals surface area (Å²) in [5.41, 5.74) is 1.54. The summed E-state index contributed by atoms with van der Waals surface area (Å²) in [4.78, 5) is 42.9. The molecule has 1 aliphatic rings. The Morgan fingerprint density at radius 2 is 1.90 bits per heavy atom. The normalized spacial score (nSPS) is 13.8. The van der Waals surface area contributed by atoms with Crippen molar-refractivity contribution in [3.63, 3.8) is 0 Å². The van der Waals surface area contributed by atoms with Crippen LogP contribution in [0.2, 0.25) is 0 Å². The van der Waals surface area contributed by atoms with Crippen molar-refractivity contribution >= 4 is 22.8 Å². The van der Waals surface area contributed by atoms with Gasteiger partial charge in [0, 0.05) is 45.2 Å². The summed E-state index contributed by atoms with van der Waals surface area (Å²) in [6, 6.07) is 11.5. The third-order valence-corrected chi connectivity index (χ3v) is 5.62. The van der Waals surface area contributed by atoms with Gasteiger partial charge in [0.1, 0.15) is 12.0 Å². The van der Waals surface area contributed by atoms with Crippen LogP contribution in [0.15, 0.2) is 53.7 Å². The number of hydrogen-bond donors (Lipinski definition) is 1. The van der Waals surface area contributed by atoms with Crippen molar-refractivity contribution in [3.8, 4) is 0 Å². The van der Waals surface area contributed by atoms with Crippen molar-refractivity contribution in [2.75, 3.05) is 19.6 Å². The van der Waals surface area contributed by atoms with Gasteiger partial charge in [-0.25, -0.2) is 4.98 Å². The highest BCUT2D eigenvalue weighted by atomic mass is 16.2. The van der Waals surface area contributed by atoms with E-state index < -0.39 is 0 Å². The van der Waals surface area contributed by atoms with Crippen LogP contribution in [0.1, 0.15) is 31.2 Å². The summed E-state index contributed by atoms with van der Waals surface area (Å²) in [6.45, 7) is 3.00. The van der Waals surface area contributed by atoms with Crippen LogP contribution in [0.25, 0.3) is 11.0 Å². The molecule has 31 heavy (non-hydrogen) atoms. The second-order valence-electron chi connectivity index (χ2n) is 7.85. The quantitative estimate of drug-likeness (QED) is 0.533. The first-order chi connectivity index (χ1) is 15.1. The lowest BCUT2D eigenvalue weighted by molar-refractivity contribution is -0.127. The lowest BCUT2D eigenvalue weighted by Crippen LogP contribution is -2.31. The number of benzene rings is 1. The first-order valence-electron chi connectivity index (χ1n) is 10.7. The van der Waals surface area contributed by atoms with E-state index in [4.69, 9.17) is 0 Å². The van der Waals surface area contributed by atoms with Crippen LogP contribution in [0.5, 0.6) is 0 Å². The predicted molar refractivity (Wildman–Crippen MR) is 118 cm³/mol. The molecular formula is C23H27N5O3. The number of carbonyl (C=O) groups is 2. The largest absolute Gasteiger partial charge is 0.356 e. The molecule has 4 rings (SSSR count). The fraction of sp³-hybridized carbons (Fsp3) is 0.391. The van der Waals surface area contributed by atoms with Gasteiger partial charge in [0.25, 0.3) is 5.56 Å². The Morgan fingerprint density at radius 1 is 1.06 bits per heavy atom. The standard InChI is InChI=1S/C23H27N5O3/c29-20(24-11-5-13-26-12-4-8-21(26)30)10-15-27-14-9-19-22(27)25-17-28(23(19)31)16-18-6-2-1-3-7-18/h1-3,6-7,9,14,17H,4-5,8,10-13,15-16H2,(H,24,29). The minimum Gasteiger partial charge on any atom is -0.356 e. The molecule has 3 aromatic rings. The third-order valence-electron chi connectivity index (χ3n) is 5.62. The van der Waals surface area contributed by atoms with Crippen molar-refractivity contribution < 1.29 is 9.59 Å². The fourth-order valence-electron chi connectivity index (χ4n) is 3.93. The number of carbonyl (C=O) groups excluding carboxylic acids is 2. The molecule has 0 bridgehead atoms. The molecule has 8 nitrogen and oxygen atoms in total. The van der Waals surface area contributed by atoms with Crippen LogP contribution < -0.4 is 10.9 Å². The molecule has 0 radical (unpaired) electrons. The number of nitrogens with zero attached hydrogens (tertiary/aromatic N) is 4. The van der Waals surface area contributed by atoms with Gasteiger partial charge >= 0.3 is 0 Å². The molecule has 162 valence electrons. The van der Waals surface area contributed by atoms with Crippen LogP contribution in [0.3, 0.4) is 0 Å². The van der Waals surface area contributed by atoms with Crippen molar-refractivity contribution in [2.45, 2.75) is 38.8 Å². The zero-order valence-electron chi connectivity index (χ0n) is 17.5. The van der Waals surface area contributed by atoms with Gasteiger partial charge in [0.15, 0.2) is 0 Å². The number of aryl methyl sites for hydroxylation is 1. The van der Waals surface area contributed by atoms with E-state index in [1.165, 1.54) is 0 Å². The molecule has 0 saturated carbocycles. The molecular weight excluding hydrogens is 394 g/mol. The number of likely N-dealkylation sites (tertiary alicyclic amines) is 1. The zero-order chi connectivity index (χ0) is 21.6. The smallest absolute Gasteiger partial charge is 0.263 e. The van der Waals surface area contributed by atoms with Gasteiger partial charge in [-0.1, -0.05) is 30.3 Å². The Hall–Kier alpha value is -3.42. The maximum Gasteiger partial charge on any atom is 0.263 e. The van der Waals surface area contributed by atoms with Crippen LogP contribution in [-0.2, 0) is 22.7 Å². The topological polar surface area (TPSA) is 89.2 Å². The van der Waals surface area contributed by atoms with Gasteiger partial charge in [0.05, 0.1) is 11.9 Å². The first kappa shape index (κ1) is 20.8. The number of rotatable bonds is 9. The van der Waals surface area contributed by atoms with E-state index in [1.54, 1.807) is 23.2 Å². The predicted octanol–water partition coefficient (Wildman–Crippen LogP) is 1.77. The number of nitrogens with one attached hydrogen (secondary N) is 1. The number of aromatic nitrogens is 3.